The summed E-state index contributed by atoms with van der Waals surface area (Å²) in [5, 5.41) is 11.5. The second kappa shape index (κ2) is 5.38. The predicted molar refractivity (Wildman–Crippen MR) is 85.4 cm³/mol. The molecule has 0 atom stereocenters. The van der Waals surface area contributed by atoms with Gasteiger partial charge in [-0.3, -0.25) is 4.68 Å². The molecule has 104 valence electrons. The molecule has 0 aliphatic carbocycles. The van der Waals surface area contributed by atoms with E-state index in [1.54, 1.807) is 11.3 Å². The number of aryl methyl sites for hydroxylation is 1. The second-order valence-corrected chi connectivity index (χ2v) is 6.01. The molecule has 0 saturated heterocycles. The summed E-state index contributed by atoms with van der Waals surface area (Å²) in [4.78, 5) is 0. The van der Waals surface area contributed by atoms with Gasteiger partial charge in [0.15, 0.2) is 0 Å². The van der Waals surface area contributed by atoms with Gasteiger partial charge in [-0.05, 0) is 43.3 Å². The molecule has 0 amide bonds. The Kier molecular flexibility index (Phi) is 3.59. The van der Waals surface area contributed by atoms with E-state index >= 15 is 0 Å². The van der Waals surface area contributed by atoms with Gasteiger partial charge in [0, 0.05) is 22.5 Å². The Morgan fingerprint density at radius 3 is 2.85 bits per heavy atom. The summed E-state index contributed by atoms with van der Waals surface area (Å²) in [6.45, 7) is 5.96. The molecule has 3 rings (SSSR count). The van der Waals surface area contributed by atoms with Crippen molar-refractivity contribution in [2.24, 2.45) is 0 Å². The molecule has 0 aliphatic rings. The molecule has 3 nitrogen and oxygen atoms in total. The molecule has 0 fully saturated rings. The maximum absolute atomic E-state index is 4.69. The van der Waals surface area contributed by atoms with Crippen molar-refractivity contribution in [2.75, 3.05) is 7.05 Å². The number of nitrogens with one attached hydrogen (secondary N) is 1. The van der Waals surface area contributed by atoms with Crippen molar-refractivity contribution in [3.63, 3.8) is 0 Å². The third-order valence-electron chi connectivity index (χ3n) is 3.77. The standard InChI is InChI=1S/C16H19N3S/c1-11-15(8-17-3)12(2)19(18-11)9-13-10-20-16-7-5-4-6-14(13)16/h4-7,10,17H,8-9H2,1-3H3. The van der Waals surface area contributed by atoms with Gasteiger partial charge < -0.3 is 5.32 Å². The van der Waals surface area contributed by atoms with Crippen molar-refractivity contribution in [3.8, 4) is 0 Å². The summed E-state index contributed by atoms with van der Waals surface area (Å²) in [5.74, 6) is 0. The van der Waals surface area contributed by atoms with E-state index in [0.717, 1.165) is 18.8 Å². The number of fused-ring (bicyclic) bond motifs is 1. The minimum absolute atomic E-state index is 0.848. The van der Waals surface area contributed by atoms with Crippen LogP contribution in [0, 0.1) is 13.8 Å². The monoisotopic (exact) mass is 285 g/mol. The third kappa shape index (κ3) is 2.25. The first-order valence-corrected chi connectivity index (χ1v) is 7.71. The van der Waals surface area contributed by atoms with Crippen LogP contribution >= 0.6 is 11.3 Å². The van der Waals surface area contributed by atoms with E-state index in [1.807, 2.05) is 7.05 Å². The third-order valence-corrected chi connectivity index (χ3v) is 4.78. The van der Waals surface area contributed by atoms with Crippen molar-refractivity contribution in [2.45, 2.75) is 26.9 Å². The van der Waals surface area contributed by atoms with E-state index in [4.69, 9.17) is 5.10 Å². The predicted octanol–water partition coefficient (Wildman–Crippen LogP) is 3.48. The van der Waals surface area contributed by atoms with Crippen LogP contribution in [-0.2, 0) is 13.1 Å². The van der Waals surface area contributed by atoms with Gasteiger partial charge in [-0.25, -0.2) is 0 Å². The quantitative estimate of drug-likeness (QED) is 0.795. The summed E-state index contributed by atoms with van der Waals surface area (Å²) in [5.41, 5.74) is 5.04. The highest BCUT2D eigenvalue weighted by atomic mass is 32.1. The lowest BCUT2D eigenvalue weighted by molar-refractivity contribution is 0.661. The first kappa shape index (κ1) is 13.3. The molecular weight excluding hydrogens is 266 g/mol. The lowest BCUT2D eigenvalue weighted by Crippen LogP contribution is -2.08. The van der Waals surface area contributed by atoms with E-state index in [9.17, 15) is 0 Å². The molecule has 1 N–H and O–H groups in total. The summed E-state index contributed by atoms with van der Waals surface area (Å²) < 4.78 is 3.47. The fourth-order valence-corrected chi connectivity index (χ4v) is 3.59. The molecule has 0 aliphatic heterocycles. The van der Waals surface area contributed by atoms with Crippen molar-refractivity contribution < 1.29 is 0 Å². The van der Waals surface area contributed by atoms with Crippen molar-refractivity contribution in [1.29, 1.82) is 0 Å². The Labute approximate surface area is 123 Å². The molecular formula is C16H19N3S. The number of rotatable bonds is 4. The van der Waals surface area contributed by atoms with Crippen molar-refractivity contribution >= 4 is 21.4 Å². The zero-order chi connectivity index (χ0) is 14.1. The first-order chi connectivity index (χ1) is 9.70. The Hall–Kier alpha value is -1.65. The number of aromatic nitrogens is 2. The maximum atomic E-state index is 4.69. The Bertz CT molecular complexity index is 739. The topological polar surface area (TPSA) is 29.9 Å². The zero-order valence-corrected chi connectivity index (χ0v) is 12.9. The first-order valence-electron chi connectivity index (χ1n) is 6.83. The van der Waals surface area contributed by atoms with Crippen LogP contribution in [0.15, 0.2) is 29.6 Å². The van der Waals surface area contributed by atoms with Gasteiger partial charge in [-0.1, -0.05) is 18.2 Å². The number of hydrogen-bond donors (Lipinski definition) is 1. The lowest BCUT2D eigenvalue weighted by atomic mass is 10.1. The van der Waals surface area contributed by atoms with Gasteiger partial charge >= 0.3 is 0 Å². The minimum Gasteiger partial charge on any atom is -0.316 e. The van der Waals surface area contributed by atoms with E-state index in [0.29, 0.717) is 0 Å². The molecule has 0 spiro atoms. The van der Waals surface area contributed by atoms with Crippen LogP contribution in [0.2, 0.25) is 0 Å². The van der Waals surface area contributed by atoms with Gasteiger partial charge in [0.2, 0.25) is 0 Å². The van der Waals surface area contributed by atoms with E-state index in [1.165, 1.54) is 26.9 Å². The molecule has 0 saturated carbocycles. The average Bonchev–Trinajstić information content (AvgIpc) is 2.97. The molecule has 3 aromatic rings. The molecule has 4 heteroatoms. The molecule has 0 bridgehead atoms. The Morgan fingerprint density at radius 1 is 1.25 bits per heavy atom. The van der Waals surface area contributed by atoms with Gasteiger partial charge in [0.1, 0.15) is 0 Å². The number of hydrogen-bond acceptors (Lipinski definition) is 3. The average molecular weight is 285 g/mol. The van der Waals surface area contributed by atoms with Crippen molar-refractivity contribution in [1.82, 2.24) is 15.1 Å². The van der Waals surface area contributed by atoms with Gasteiger partial charge in [0.05, 0.1) is 12.2 Å². The number of benzene rings is 1. The van der Waals surface area contributed by atoms with E-state index < -0.39 is 0 Å². The van der Waals surface area contributed by atoms with E-state index in [-0.39, 0.29) is 0 Å². The van der Waals surface area contributed by atoms with Gasteiger partial charge in [-0.15, -0.1) is 11.3 Å². The summed E-state index contributed by atoms with van der Waals surface area (Å²) in [6, 6.07) is 8.57. The highest BCUT2D eigenvalue weighted by Crippen LogP contribution is 2.27. The maximum Gasteiger partial charge on any atom is 0.0676 e. The summed E-state index contributed by atoms with van der Waals surface area (Å²) >= 11 is 1.81. The summed E-state index contributed by atoms with van der Waals surface area (Å²) in [7, 11) is 1.97. The van der Waals surface area contributed by atoms with Crippen LogP contribution in [0.3, 0.4) is 0 Å². The summed E-state index contributed by atoms with van der Waals surface area (Å²) in [6.07, 6.45) is 0. The largest absolute Gasteiger partial charge is 0.316 e. The smallest absolute Gasteiger partial charge is 0.0676 e. The molecule has 1 aromatic carbocycles. The molecule has 0 unspecified atom stereocenters. The Morgan fingerprint density at radius 2 is 2.05 bits per heavy atom. The zero-order valence-electron chi connectivity index (χ0n) is 12.1. The Balaban J connectivity index is 1.97. The molecule has 20 heavy (non-hydrogen) atoms. The number of thiophene rings is 1. The van der Waals surface area contributed by atoms with E-state index in [2.05, 4.69) is 53.5 Å². The number of nitrogens with zero attached hydrogens (tertiary/aromatic N) is 2. The van der Waals surface area contributed by atoms with Crippen LogP contribution in [0.1, 0.15) is 22.5 Å². The highest BCUT2D eigenvalue weighted by Gasteiger charge is 2.12. The fourth-order valence-electron chi connectivity index (χ4n) is 2.64. The normalized spacial score (nSPS) is 11.3. The minimum atomic E-state index is 0.848. The van der Waals surface area contributed by atoms with Gasteiger partial charge in [0.25, 0.3) is 0 Å². The van der Waals surface area contributed by atoms with Crippen LogP contribution in [0.5, 0.6) is 0 Å². The lowest BCUT2D eigenvalue weighted by Gasteiger charge is -2.05. The SMILES string of the molecule is CNCc1c(C)nn(Cc2csc3ccccc23)c1C. The molecule has 0 radical (unpaired) electrons. The van der Waals surface area contributed by atoms with Gasteiger partial charge in [-0.2, -0.15) is 5.10 Å². The fraction of sp³-hybridized carbons (Fsp3) is 0.312. The molecule has 2 aromatic heterocycles. The van der Waals surface area contributed by atoms with Crippen LogP contribution in [-0.4, -0.2) is 16.8 Å². The van der Waals surface area contributed by atoms with Crippen LogP contribution in [0.25, 0.3) is 10.1 Å². The van der Waals surface area contributed by atoms with Crippen LogP contribution < -0.4 is 5.32 Å². The highest BCUT2D eigenvalue weighted by molar-refractivity contribution is 7.17. The van der Waals surface area contributed by atoms with Crippen molar-refractivity contribution in [3.05, 3.63) is 52.2 Å². The second-order valence-electron chi connectivity index (χ2n) is 5.09. The van der Waals surface area contributed by atoms with Crippen LogP contribution in [0.4, 0.5) is 0 Å². The molecule has 2 heterocycles.